The second kappa shape index (κ2) is 67.9. The highest BCUT2D eigenvalue weighted by molar-refractivity contribution is 5.71. The van der Waals surface area contributed by atoms with Crippen molar-refractivity contribution in [2.45, 2.75) is 386 Å². The lowest BCUT2D eigenvalue weighted by molar-refractivity contribution is -0.167. The molecule has 6 heteroatoms. The summed E-state index contributed by atoms with van der Waals surface area (Å²) in [7, 11) is 0. The Morgan fingerprint density at radius 2 is 0.494 bits per heavy atom. The molecule has 0 aromatic rings. The molecule has 0 aliphatic rings. The fourth-order valence-corrected chi connectivity index (χ4v) is 10.6. The molecule has 0 amide bonds. The van der Waals surface area contributed by atoms with E-state index in [-0.39, 0.29) is 31.1 Å². The van der Waals surface area contributed by atoms with Gasteiger partial charge in [0.2, 0.25) is 0 Å². The van der Waals surface area contributed by atoms with Gasteiger partial charge in [-0.2, -0.15) is 0 Å². The van der Waals surface area contributed by atoms with Gasteiger partial charge in [-0.3, -0.25) is 14.4 Å². The van der Waals surface area contributed by atoms with Crippen molar-refractivity contribution in [1.82, 2.24) is 0 Å². The fraction of sp³-hybridized carbons (Fsp3) is 0.849. The van der Waals surface area contributed by atoms with Crippen LogP contribution in [0.2, 0.25) is 0 Å². The minimum Gasteiger partial charge on any atom is -0.462 e. The standard InChI is InChI=1S/C73H134O6/c1-4-7-10-13-16-19-22-25-27-28-29-30-31-32-33-34-35-36-37-38-39-40-41-42-43-44-46-48-51-54-57-60-63-66-72(75)78-69-70(68-77-71(74)65-62-59-56-53-50-47-24-21-18-15-12-9-6-3)79-73(76)67-64-61-58-55-52-49-45-26-23-20-17-14-11-8-5-2/h8,11,17,20-21,24,26,45,70H,4-7,9-10,12-16,18-19,22-23,25,27-44,46-69H2,1-3H3/b11-8-,20-17-,24-21-,45-26-. The van der Waals surface area contributed by atoms with Crippen LogP contribution in [-0.2, 0) is 28.6 Å². The van der Waals surface area contributed by atoms with Crippen LogP contribution in [0.15, 0.2) is 48.6 Å². The molecule has 0 aromatic carbocycles. The largest absolute Gasteiger partial charge is 0.462 e. The summed E-state index contributed by atoms with van der Waals surface area (Å²) in [5, 5.41) is 0. The van der Waals surface area contributed by atoms with Crippen LogP contribution in [-0.4, -0.2) is 37.2 Å². The molecule has 0 aliphatic carbocycles. The number of hydrogen-bond donors (Lipinski definition) is 0. The topological polar surface area (TPSA) is 78.9 Å². The molecule has 0 spiro atoms. The van der Waals surface area contributed by atoms with Crippen LogP contribution in [0.4, 0.5) is 0 Å². The third kappa shape index (κ3) is 66.1. The Hall–Kier alpha value is -2.63. The van der Waals surface area contributed by atoms with Crippen molar-refractivity contribution in [3.63, 3.8) is 0 Å². The number of rotatable bonds is 65. The molecular weight excluding hydrogens is 973 g/mol. The van der Waals surface area contributed by atoms with E-state index in [0.29, 0.717) is 19.3 Å². The Morgan fingerprint density at radius 3 is 0.797 bits per heavy atom. The lowest BCUT2D eigenvalue weighted by Crippen LogP contribution is -2.30. The Kier molecular flexibility index (Phi) is 65.6. The van der Waals surface area contributed by atoms with Gasteiger partial charge < -0.3 is 14.2 Å². The molecule has 0 fully saturated rings. The molecule has 6 nitrogen and oxygen atoms in total. The van der Waals surface area contributed by atoms with Crippen molar-refractivity contribution < 1.29 is 28.6 Å². The summed E-state index contributed by atoms with van der Waals surface area (Å²) < 4.78 is 16.9. The molecule has 0 saturated heterocycles. The van der Waals surface area contributed by atoms with Gasteiger partial charge in [-0.05, 0) is 77.0 Å². The van der Waals surface area contributed by atoms with Crippen molar-refractivity contribution in [3.8, 4) is 0 Å². The molecule has 0 heterocycles. The van der Waals surface area contributed by atoms with Crippen LogP contribution >= 0.6 is 0 Å². The van der Waals surface area contributed by atoms with Crippen molar-refractivity contribution in [1.29, 1.82) is 0 Å². The van der Waals surface area contributed by atoms with Gasteiger partial charge in [-0.15, -0.1) is 0 Å². The van der Waals surface area contributed by atoms with Crippen LogP contribution in [0.5, 0.6) is 0 Å². The summed E-state index contributed by atoms with van der Waals surface area (Å²) in [6.45, 7) is 6.55. The van der Waals surface area contributed by atoms with E-state index in [9.17, 15) is 14.4 Å². The SMILES string of the molecule is CC/C=C\C/C=C\C/C=C\CCCCCCCC(=O)OC(COC(=O)CCCCCCC/C=C\CCCCCC)COC(=O)CCCCCCCCCCCCCCCCCCCCCCCCCCCCCCCCCCC. The van der Waals surface area contributed by atoms with Crippen LogP contribution in [0.3, 0.4) is 0 Å². The van der Waals surface area contributed by atoms with E-state index in [2.05, 4.69) is 69.4 Å². The number of ether oxygens (including phenoxy) is 3. The molecule has 0 saturated carbocycles. The molecule has 1 atom stereocenters. The van der Waals surface area contributed by atoms with E-state index < -0.39 is 6.10 Å². The molecule has 0 aliphatic heterocycles. The zero-order valence-corrected chi connectivity index (χ0v) is 53.2. The van der Waals surface area contributed by atoms with E-state index in [4.69, 9.17) is 14.2 Å². The van der Waals surface area contributed by atoms with Crippen LogP contribution in [0.25, 0.3) is 0 Å². The summed E-state index contributed by atoms with van der Waals surface area (Å²) >= 11 is 0. The number of carbonyl (C=O) groups excluding carboxylic acids is 3. The number of esters is 3. The van der Waals surface area contributed by atoms with Gasteiger partial charge >= 0.3 is 17.9 Å². The Morgan fingerprint density at radius 1 is 0.266 bits per heavy atom. The molecule has 0 N–H and O–H groups in total. The summed E-state index contributed by atoms with van der Waals surface area (Å²) in [6, 6.07) is 0. The Balaban J connectivity index is 4.08. The Labute approximate surface area is 492 Å². The number of unbranched alkanes of at least 4 members (excludes halogenated alkanes) is 46. The zero-order chi connectivity index (χ0) is 57.1. The highest BCUT2D eigenvalue weighted by atomic mass is 16.6. The van der Waals surface area contributed by atoms with Gasteiger partial charge in [0.05, 0.1) is 0 Å². The third-order valence-corrected chi connectivity index (χ3v) is 15.8. The quantitative estimate of drug-likeness (QED) is 0.0261. The van der Waals surface area contributed by atoms with Gasteiger partial charge in [0.15, 0.2) is 6.10 Å². The van der Waals surface area contributed by atoms with E-state index in [1.165, 1.54) is 238 Å². The van der Waals surface area contributed by atoms with Crippen LogP contribution in [0.1, 0.15) is 380 Å². The predicted molar refractivity (Wildman–Crippen MR) is 344 cm³/mol. The first-order valence-electron chi connectivity index (χ1n) is 35.1. The summed E-state index contributed by atoms with van der Waals surface area (Å²) in [5.74, 6) is -0.885. The van der Waals surface area contributed by atoms with Crippen molar-refractivity contribution in [3.05, 3.63) is 48.6 Å². The molecule has 79 heavy (non-hydrogen) atoms. The molecular formula is C73H134O6. The summed E-state index contributed by atoms with van der Waals surface area (Å²) in [5.41, 5.74) is 0. The number of carbonyl (C=O) groups is 3. The average molecular weight is 1110 g/mol. The van der Waals surface area contributed by atoms with E-state index in [0.717, 1.165) is 103 Å². The van der Waals surface area contributed by atoms with Gasteiger partial charge in [0.1, 0.15) is 13.2 Å². The number of allylic oxidation sites excluding steroid dienone is 8. The minimum atomic E-state index is -0.785. The normalized spacial score (nSPS) is 12.3. The smallest absolute Gasteiger partial charge is 0.306 e. The first kappa shape index (κ1) is 76.4. The first-order valence-corrected chi connectivity index (χ1v) is 35.1. The third-order valence-electron chi connectivity index (χ3n) is 15.8. The first-order chi connectivity index (χ1) is 39.0. The lowest BCUT2D eigenvalue weighted by atomic mass is 10.0. The maximum absolute atomic E-state index is 12.9. The maximum Gasteiger partial charge on any atom is 0.306 e. The molecule has 462 valence electrons. The molecule has 0 rings (SSSR count). The second-order valence-electron chi connectivity index (χ2n) is 23.8. The fourth-order valence-electron chi connectivity index (χ4n) is 10.6. The van der Waals surface area contributed by atoms with Gasteiger partial charge in [-0.25, -0.2) is 0 Å². The molecule has 0 bridgehead atoms. The Bertz CT molecular complexity index is 1360. The second-order valence-corrected chi connectivity index (χ2v) is 23.8. The average Bonchev–Trinajstić information content (AvgIpc) is 3.45. The van der Waals surface area contributed by atoms with Gasteiger partial charge in [0.25, 0.3) is 0 Å². The van der Waals surface area contributed by atoms with E-state index in [1.54, 1.807) is 0 Å². The maximum atomic E-state index is 12.9. The van der Waals surface area contributed by atoms with Crippen molar-refractivity contribution in [2.24, 2.45) is 0 Å². The number of hydrogen-bond acceptors (Lipinski definition) is 6. The molecule has 0 aromatic heterocycles. The monoisotopic (exact) mass is 1110 g/mol. The van der Waals surface area contributed by atoms with E-state index in [1.807, 2.05) is 0 Å². The highest BCUT2D eigenvalue weighted by Gasteiger charge is 2.19. The lowest BCUT2D eigenvalue weighted by Gasteiger charge is -2.18. The van der Waals surface area contributed by atoms with Crippen molar-refractivity contribution in [2.75, 3.05) is 13.2 Å². The zero-order valence-electron chi connectivity index (χ0n) is 53.2. The van der Waals surface area contributed by atoms with Gasteiger partial charge in [-0.1, -0.05) is 333 Å². The van der Waals surface area contributed by atoms with Crippen LogP contribution < -0.4 is 0 Å². The molecule has 0 radical (unpaired) electrons. The van der Waals surface area contributed by atoms with Crippen molar-refractivity contribution >= 4 is 17.9 Å². The van der Waals surface area contributed by atoms with Gasteiger partial charge in [0, 0.05) is 19.3 Å². The highest BCUT2D eigenvalue weighted by Crippen LogP contribution is 2.19. The predicted octanol–water partition coefficient (Wildman–Crippen LogP) is 24.1. The summed E-state index contributed by atoms with van der Waals surface area (Å²) in [4.78, 5) is 38.3. The molecule has 1 unspecified atom stereocenters. The minimum absolute atomic E-state index is 0.0795. The summed E-state index contributed by atoms with van der Waals surface area (Å²) in [6.07, 6.45) is 86.0. The van der Waals surface area contributed by atoms with E-state index >= 15 is 0 Å². The van der Waals surface area contributed by atoms with Crippen LogP contribution in [0, 0.1) is 0 Å².